The maximum Gasteiger partial charge on any atom is 0.251 e. The van der Waals surface area contributed by atoms with E-state index in [1.807, 2.05) is 49.4 Å². The number of methoxy groups -OCH3 is 2. The molecule has 0 aromatic heterocycles. The number of aryl methyl sites for hydroxylation is 1. The molecule has 0 saturated heterocycles. The van der Waals surface area contributed by atoms with E-state index < -0.39 is 0 Å². The average molecular weight is 328 g/mol. The average Bonchev–Trinajstić information content (AvgIpc) is 2.61. The molecule has 2 aromatic rings. The SMILES string of the molecule is COc1ccc(CNCCNC(=O)c2ccc(C)cc2)cc1OC. The Morgan fingerprint density at radius 2 is 1.67 bits per heavy atom. The molecule has 5 heteroatoms. The van der Waals surface area contributed by atoms with Gasteiger partial charge in [-0.25, -0.2) is 0 Å². The molecule has 2 rings (SSSR count). The highest BCUT2D eigenvalue weighted by atomic mass is 16.5. The Labute approximate surface area is 143 Å². The molecule has 128 valence electrons. The highest BCUT2D eigenvalue weighted by Gasteiger charge is 2.05. The molecule has 2 N–H and O–H groups in total. The number of ether oxygens (including phenoxy) is 2. The Balaban J connectivity index is 1.73. The summed E-state index contributed by atoms with van der Waals surface area (Å²) in [6.07, 6.45) is 0. The zero-order chi connectivity index (χ0) is 17.4. The number of carbonyl (C=O) groups excluding carboxylic acids is 1. The van der Waals surface area contributed by atoms with Crippen molar-refractivity contribution in [1.82, 2.24) is 10.6 Å². The fourth-order valence-electron chi connectivity index (χ4n) is 2.29. The molecule has 0 atom stereocenters. The van der Waals surface area contributed by atoms with Gasteiger partial charge in [0.25, 0.3) is 5.91 Å². The van der Waals surface area contributed by atoms with Crippen LogP contribution in [-0.2, 0) is 6.54 Å². The maximum absolute atomic E-state index is 12.0. The van der Waals surface area contributed by atoms with Gasteiger partial charge in [-0.2, -0.15) is 0 Å². The number of amides is 1. The van der Waals surface area contributed by atoms with Crippen molar-refractivity contribution in [3.63, 3.8) is 0 Å². The van der Waals surface area contributed by atoms with Crippen molar-refractivity contribution in [2.24, 2.45) is 0 Å². The van der Waals surface area contributed by atoms with E-state index in [1.54, 1.807) is 14.2 Å². The second-order valence-corrected chi connectivity index (χ2v) is 5.49. The Kier molecular flexibility index (Phi) is 6.63. The zero-order valence-corrected chi connectivity index (χ0v) is 14.4. The number of hydrogen-bond acceptors (Lipinski definition) is 4. The minimum atomic E-state index is -0.0529. The smallest absolute Gasteiger partial charge is 0.251 e. The monoisotopic (exact) mass is 328 g/mol. The molecular weight excluding hydrogens is 304 g/mol. The van der Waals surface area contributed by atoms with Crippen molar-refractivity contribution in [3.05, 3.63) is 59.2 Å². The molecule has 0 unspecified atom stereocenters. The molecule has 0 aliphatic carbocycles. The van der Waals surface area contributed by atoms with Gasteiger partial charge in [-0.15, -0.1) is 0 Å². The normalized spacial score (nSPS) is 10.3. The summed E-state index contributed by atoms with van der Waals surface area (Å²) in [5.74, 6) is 1.37. The first-order valence-electron chi connectivity index (χ1n) is 7.90. The van der Waals surface area contributed by atoms with Gasteiger partial charge < -0.3 is 20.1 Å². The van der Waals surface area contributed by atoms with Crippen molar-refractivity contribution in [3.8, 4) is 11.5 Å². The summed E-state index contributed by atoms with van der Waals surface area (Å²) in [6, 6.07) is 13.4. The summed E-state index contributed by atoms with van der Waals surface area (Å²) in [5.41, 5.74) is 2.92. The van der Waals surface area contributed by atoms with E-state index in [9.17, 15) is 4.79 Å². The summed E-state index contributed by atoms with van der Waals surface area (Å²) < 4.78 is 10.5. The molecule has 0 heterocycles. The molecule has 0 aliphatic heterocycles. The summed E-state index contributed by atoms with van der Waals surface area (Å²) in [6.45, 7) is 3.95. The number of carbonyl (C=O) groups is 1. The third-order valence-electron chi connectivity index (χ3n) is 3.68. The summed E-state index contributed by atoms with van der Waals surface area (Å²) in [7, 11) is 3.24. The Morgan fingerprint density at radius 1 is 0.958 bits per heavy atom. The molecule has 2 aromatic carbocycles. The first kappa shape index (κ1) is 17.8. The minimum Gasteiger partial charge on any atom is -0.493 e. The van der Waals surface area contributed by atoms with Gasteiger partial charge >= 0.3 is 0 Å². The maximum atomic E-state index is 12.0. The Bertz CT molecular complexity index is 669. The number of hydrogen-bond donors (Lipinski definition) is 2. The molecule has 0 radical (unpaired) electrons. The van der Waals surface area contributed by atoms with E-state index in [4.69, 9.17) is 9.47 Å². The van der Waals surface area contributed by atoms with Crippen LogP contribution in [0.5, 0.6) is 11.5 Å². The Morgan fingerprint density at radius 3 is 2.33 bits per heavy atom. The molecule has 5 nitrogen and oxygen atoms in total. The second kappa shape index (κ2) is 8.93. The van der Waals surface area contributed by atoms with E-state index in [-0.39, 0.29) is 5.91 Å². The summed E-state index contributed by atoms with van der Waals surface area (Å²) in [5, 5.41) is 6.19. The van der Waals surface area contributed by atoms with Crippen molar-refractivity contribution in [2.75, 3.05) is 27.3 Å². The van der Waals surface area contributed by atoms with Crippen molar-refractivity contribution in [2.45, 2.75) is 13.5 Å². The number of benzene rings is 2. The molecule has 0 bridgehead atoms. The summed E-state index contributed by atoms with van der Waals surface area (Å²) in [4.78, 5) is 12.0. The largest absolute Gasteiger partial charge is 0.493 e. The van der Waals surface area contributed by atoms with Gasteiger partial charge in [-0.1, -0.05) is 23.8 Å². The van der Waals surface area contributed by atoms with Gasteiger partial charge in [0.15, 0.2) is 11.5 Å². The highest BCUT2D eigenvalue weighted by Crippen LogP contribution is 2.27. The van der Waals surface area contributed by atoms with Crippen LogP contribution in [0.15, 0.2) is 42.5 Å². The lowest BCUT2D eigenvalue weighted by Gasteiger charge is -2.10. The van der Waals surface area contributed by atoms with Crippen LogP contribution in [-0.4, -0.2) is 33.2 Å². The van der Waals surface area contributed by atoms with Crippen LogP contribution in [0.25, 0.3) is 0 Å². The topological polar surface area (TPSA) is 59.6 Å². The molecular formula is C19H24N2O3. The lowest BCUT2D eigenvalue weighted by Crippen LogP contribution is -2.31. The quantitative estimate of drug-likeness (QED) is 0.731. The number of nitrogens with one attached hydrogen (secondary N) is 2. The molecule has 0 saturated carbocycles. The fourth-order valence-corrected chi connectivity index (χ4v) is 2.29. The second-order valence-electron chi connectivity index (χ2n) is 5.49. The van der Waals surface area contributed by atoms with E-state index in [0.29, 0.717) is 36.7 Å². The van der Waals surface area contributed by atoms with E-state index in [0.717, 1.165) is 11.1 Å². The predicted octanol–water partition coefficient (Wildman–Crippen LogP) is 2.53. The van der Waals surface area contributed by atoms with Crippen molar-refractivity contribution in [1.29, 1.82) is 0 Å². The zero-order valence-electron chi connectivity index (χ0n) is 14.4. The van der Waals surface area contributed by atoms with E-state index >= 15 is 0 Å². The molecule has 0 aliphatic rings. The first-order chi connectivity index (χ1) is 11.6. The van der Waals surface area contributed by atoms with Crippen LogP contribution >= 0.6 is 0 Å². The van der Waals surface area contributed by atoms with Crippen molar-refractivity contribution < 1.29 is 14.3 Å². The van der Waals surface area contributed by atoms with Crippen LogP contribution in [0.4, 0.5) is 0 Å². The highest BCUT2D eigenvalue weighted by molar-refractivity contribution is 5.94. The predicted molar refractivity (Wildman–Crippen MR) is 94.8 cm³/mol. The fraction of sp³-hybridized carbons (Fsp3) is 0.316. The molecule has 1 amide bonds. The van der Waals surface area contributed by atoms with Gasteiger partial charge in [0, 0.05) is 25.2 Å². The number of rotatable bonds is 8. The molecule has 0 spiro atoms. The minimum absolute atomic E-state index is 0.0529. The lowest BCUT2D eigenvalue weighted by molar-refractivity contribution is 0.0954. The van der Waals surface area contributed by atoms with Crippen LogP contribution in [0.2, 0.25) is 0 Å². The van der Waals surface area contributed by atoms with Crippen LogP contribution < -0.4 is 20.1 Å². The lowest BCUT2D eigenvalue weighted by atomic mass is 10.1. The third-order valence-corrected chi connectivity index (χ3v) is 3.68. The third kappa shape index (κ3) is 4.99. The first-order valence-corrected chi connectivity index (χ1v) is 7.90. The van der Waals surface area contributed by atoms with Gasteiger partial charge in [0.05, 0.1) is 14.2 Å². The van der Waals surface area contributed by atoms with E-state index in [1.165, 1.54) is 0 Å². The van der Waals surface area contributed by atoms with Gasteiger partial charge in [-0.05, 0) is 36.8 Å². The molecule has 24 heavy (non-hydrogen) atoms. The van der Waals surface area contributed by atoms with Gasteiger partial charge in [0.2, 0.25) is 0 Å². The Hall–Kier alpha value is -2.53. The van der Waals surface area contributed by atoms with Crippen molar-refractivity contribution >= 4 is 5.91 Å². The van der Waals surface area contributed by atoms with Crippen LogP contribution in [0.1, 0.15) is 21.5 Å². The van der Waals surface area contributed by atoms with E-state index in [2.05, 4.69) is 10.6 Å². The van der Waals surface area contributed by atoms with Gasteiger partial charge in [0.1, 0.15) is 0 Å². The van der Waals surface area contributed by atoms with Crippen LogP contribution in [0.3, 0.4) is 0 Å². The summed E-state index contributed by atoms with van der Waals surface area (Å²) >= 11 is 0. The standard InChI is InChI=1S/C19H24N2O3/c1-14-4-7-16(8-5-14)19(22)21-11-10-20-13-15-6-9-17(23-2)18(12-15)24-3/h4-9,12,20H,10-11,13H2,1-3H3,(H,21,22). The van der Waals surface area contributed by atoms with Gasteiger partial charge in [-0.3, -0.25) is 4.79 Å². The van der Waals surface area contributed by atoms with Crippen LogP contribution in [0, 0.1) is 6.92 Å². The molecule has 0 fully saturated rings.